The first kappa shape index (κ1) is 18.1. The van der Waals surface area contributed by atoms with Crippen molar-refractivity contribution in [2.45, 2.75) is 38.8 Å². The molecule has 22 heavy (non-hydrogen) atoms. The third-order valence-corrected chi connectivity index (χ3v) is 3.40. The second kappa shape index (κ2) is 9.17. The predicted octanol–water partition coefficient (Wildman–Crippen LogP) is 0.335. The number of nitrogens with two attached hydrogens (primary N) is 1. The van der Waals surface area contributed by atoms with Gasteiger partial charge in [0.15, 0.2) is 5.78 Å². The fourth-order valence-electron chi connectivity index (χ4n) is 2.11. The second-order valence-electron chi connectivity index (χ2n) is 5.15. The van der Waals surface area contributed by atoms with Gasteiger partial charge < -0.3 is 21.5 Å². The van der Waals surface area contributed by atoms with Crippen molar-refractivity contribution in [3.63, 3.8) is 0 Å². The molecule has 6 nitrogen and oxygen atoms in total. The van der Waals surface area contributed by atoms with Crippen LogP contribution in [-0.4, -0.2) is 42.0 Å². The van der Waals surface area contributed by atoms with E-state index in [1.165, 1.54) is 0 Å². The number of ketones is 1. The number of hydrogen-bond donors (Lipinski definition) is 4. The van der Waals surface area contributed by atoms with Crippen LogP contribution in [0.25, 0.3) is 0 Å². The summed E-state index contributed by atoms with van der Waals surface area (Å²) in [7, 11) is 0. The number of phenolic OH excluding ortho intramolecular Hbond substituents is 1. The van der Waals surface area contributed by atoms with Crippen molar-refractivity contribution >= 4 is 11.7 Å². The van der Waals surface area contributed by atoms with Gasteiger partial charge in [0.2, 0.25) is 5.91 Å². The Morgan fingerprint density at radius 3 is 2.41 bits per heavy atom. The quantitative estimate of drug-likeness (QED) is 0.526. The molecule has 1 aromatic carbocycles. The standard InChI is InChI=1S/C16H25N3O3/c1-3-15(21)14(18-4-2)10-19-16(22)13(17)9-11-5-7-12(20)8-6-11/h5-8,13-14,18,20H,3-4,9-10,17H2,1-2H3,(H,19,22)/t13?,14-/m0/s1. The van der Waals surface area contributed by atoms with Crippen LogP contribution in [0.1, 0.15) is 25.8 Å². The van der Waals surface area contributed by atoms with Gasteiger partial charge in [0, 0.05) is 13.0 Å². The van der Waals surface area contributed by atoms with Gasteiger partial charge in [-0.2, -0.15) is 0 Å². The van der Waals surface area contributed by atoms with Crippen LogP contribution in [0.15, 0.2) is 24.3 Å². The Kier molecular flexibility index (Phi) is 7.56. The number of hydrogen-bond acceptors (Lipinski definition) is 5. The number of benzene rings is 1. The summed E-state index contributed by atoms with van der Waals surface area (Å²) in [6, 6.07) is 5.50. The SMILES string of the molecule is CCN[C@@H](CNC(=O)C(N)Cc1ccc(O)cc1)C(=O)CC. The first-order chi connectivity index (χ1) is 10.5. The van der Waals surface area contributed by atoms with E-state index >= 15 is 0 Å². The number of likely N-dealkylation sites (N-methyl/N-ethyl adjacent to an activating group) is 1. The van der Waals surface area contributed by atoms with Crippen molar-refractivity contribution in [2.75, 3.05) is 13.1 Å². The summed E-state index contributed by atoms with van der Waals surface area (Å²) in [5, 5.41) is 15.0. The summed E-state index contributed by atoms with van der Waals surface area (Å²) >= 11 is 0. The van der Waals surface area contributed by atoms with Gasteiger partial charge in [-0.05, 0) is 30.7 Å². The Morgan fingerprint density at radius 1 is 1.23 bits per heavy atom. The highest BCUT2D eigenvalue weighted by molar-refractivity contribution is 5.86. The molecular weight excluding hydrogens is 282 g/mol. The summed E-state index contributed by atoms with van der Waals surface area (Å²) in [5.41, 5.74) is 6.75. The molecule has 0 radical (unpaired) electrons. The van der Waals surface area contributed by atoms with Gasteiger partial charge in [0.25, 0.3) is 0 Å². The number of nitrogens with one attached hydrogen (secondary N) is 2. The van der Waals surface area contributed by atoms with Crippen LogP contribution < -0.4 is 16.4 Å². The average molecular weight is 307 g/mol. The van der Waals surface area contributed by atoms with E-state index in [-0.39, 0.29) is 30.0 Å². The largest absolute Gasteiger partial charge is 0.508 e. The predicted molar refractivity (Wildman–Crippen MR) is 85.6 cm³/mol. The third kappa shape index (κ3) is 5.83. The first-order valence-corrected chi connectivity index (χ1v) is 7.55. The number of rotatable bonds is 9. The lowest BCUT2D eigenvalue weighted by molar-refractivity contribution is -0.123. The molecule has 1 aromatic rings. The molecule has 0 fully saturated rings. The van der Waals surface area contributed by atoms with Crippen molar-refractivity contribution < 1.29 is 14.7 Å². The number of carbonyl (C=O) groups excluding carboxylic acids is 2. The van der Waals surface area contributed by atoms with Gasteiger partial charge in [-0.25, -0.2) is 0 Å². The highest BCUT2D eigenvalue weighted by Gasteiger charge is 2.19. The molecule has 0 spiro atoms. The van der Waals surface area contributed by atoms with Gasteiger partial charge in [-0.3, -0.25) is 9.59 Å². The van der Waals surface area contributed by atoms with Gasteiger partial charge in [-0.1, -0.05) is 26.0 Å². The maximum absolute atomic E-state index is 12.0. The van der Waals surface area contributed by atoms with Gasteiger partial charge in [0.1, 0.15) is 5.75 Å². The monoisotopic (exact) mass is 307 g/mol. The lowest BCUT2D eigenvalue weighted by Gasteiger charge is -2.18. The molecule has 0 saturated carbocycles. The molecule has 0 aliphatic heterocycles. The minimum absolute atomic E-state index is 0.0641. The van der Waals surface area contributed by atoms with Gasteiger partial charge in [0.05, 0.1) is 12.1 Å². The minimum Gasteiger partial charge on any atom is -0.508 e. The van der Waals surface area contributed by atoms with Gasteiger partial charge in [-0.15, -0.1) is 0 Å². The zero-order valence-electron chi connectivity index (χ0n) is 13.1. The Bertz CT molecular complexity index is 488. The summed E-state index contributed by atoms with van der Waals surface area (Å²) in [5.74, 6) is -0.0533. The maximum atomic E-state index is 12.0. The van der Waals surface area contributed by atoms with Crippen LogP contribution in [0, 0.1) is 0 Å². The molecule has 0 heterocycles. The fourth-order valence-corrected chi connectivity index (χ4v) is 2.11. The molecular formula is C16H25N3O3. The smallest absolute Gasteiger partial charge is 0.237 e. The molecule has 122 valence electrons. The second-order valence-corrected chi connectivity index (χ2v) is 5.15. The summed E-state index contributed by atoms with van der Waals surface area (Å²) < 4.78 is 0. The molecule has 0 aliphatic rings. The highest BCUT2D eigenvalue weighted by Crippen LogP contribution is 2.10. The van der Waals surface area contributed by atoms with E-state index in [0.717, 1.165) is 5.56 Å². The topological polar surface area (TPSA) is 104 Å². The number of aromatic hydroxyl groups is 1. The van der Waals surface area contributed by atoms with Crippen LogP contribution in [0.3, 0.4) is 0 Å². The maximum Gasteiger partial charge on any atom is 0.237 e. The van der Waals surface area contributed by atoms with Crippen molar-refractivity contribution in [1.29, 1.82) is 0 Å². The van der Waals surface area contributed by atoms with E-state index < -0.39 is 6.04 Å². The highest BCUT2D eigenvalue weighted by atomic mass is 16.3. The molecule has 6 heteroatoms. The minimum atomic E-state index is -0.691. The Labute approximate surface area is 131 Å². The molecule has 0 bridgehead atoms. The lowest BCUT2D eigenvalue weighted by Crippen LogP contribution is -2.50. The third-order valence-electron chi connectivity index (χ3n) is 3.40. The van der Waals surface area contributed by atoms with Crippen molar-refractivity contribution in [1.82, 2.24) is 10.6 Å². The van der Waals surface area contributed by atoms with Crippen LogP contribution >= 0.6 is 0 Å². The van der Waals surface area contributed by atoms with E-state index in [2.05, 4.69) is 10.6 Å². The molecule has 1 amide bonds. The van der Waals surface area contributed by atoms with E-state index in [0.29, 0.717) is 19.4 Å². The average Bonchev–Trinajstić information content (AvgIpc) is 2.52. The van der Waals surface area contributed by atoms with Crippen LogP contribution in [0.5, 0.6) is 5.75 Å². The van der Waals surface area contributed by atoms with Crippen LogP contribution in [0.2, 0.25) is 0 Å². The molecule has 1 rings (SSSR count). The zero-order valence-corrected chi connectivity index (χ0v) is 13.1. The Balaban J connectivity index is 2.49. The number of Topliss-reactive ketones (excluding diaryl/α,β-unsaturated/α-hetero) is 1. The van der Waals surface area contributed by atoms with E-state index in [1.807, 2.05) is 6.92 Å². The zero-order chi connectivity index (χ0) is 16.5. The molecule has 5 N–H and O–H groups in total. The van der Waals surface area contributed by atoms with Crippen molar-refractivity contribution in [3.8, 4) is 5.75 Å². The molecule has 1 unspecified atom stereocenters. The van der Waals surface area contributed by atoms with E-state index in [4.69, 9.17) is 5.73 Å². The first-order valence-electron chi connectivity index (χ1n) is 7.55. The summed E-state index contributed by atoms with van der Waals surface area (Å²) in [4.78, 5) is 23.7. The Morgan fingerprint density at radius 2 is 1.86 bits per heavy atom. The molecule has 0 aliphatic carbocycles. The van der Waals surface area contributed by atoms with Crippen molar-refractivity contribution in [2.24, 2.45) is 5.73 Å². The molecule has 0 aromatic heterocycles. The lowest BCUT2D eigenvalue weighted by atomic mass is 10.1. The van der Waals surface area contributed by atoms with Crippen LogP contribution in [0.4, 0.5) is 0 Å². The summed E-state index contributed by atoms with van der Waals surface area (Å²) in [6.07, 6.45) is 0.798. The van der Waals surface area contributed by atoms with E-state index in [9.17, 15) is 14.7 Å². The van der Waals surface area contributed by atoms with Crippen LogP contribution in [-0.2, 0) is 16.0 Å². The molecule has 2 atom stereocenters. The number of amides is 1. The summed E-state index contributed by atoms with van der Waals surface area (Å²) in [6.45, 7) is 4.60. The molecule has 0 saturated heterocycles. The normalized spacial score (nSPS) is 13.4. The number of phenols is 1. The van der Waals surface area contributed by atoms with E-state index in [1.54, 1.807) is 31.2 Å². The fraction of sp³-hybridized carbons (Fsp3) is 0.500. The number of carbonyl (C=O) groups is 2. The van der Waals surface area contributed by atoms with Crippen molar-refractivity contribution in [3.05, 3.63) is 29.8 Å². The van der Waals surface area contributed by atoms with Gasteiger partial charge >= 0.3 is 0 Å². The Hall–Kier alpha value is -1.92.